The van der Waals surface area contributed by atoms with Crippen LogP contribution in [-0.2, 0) is 26.2 Å². The molecule has 0 saturated heterocycles. The molecular formula is C10H26O3Ti. The van der Waals surface area contributed by atoms with Crippen molar-refractivity contribution in [1.82, 2.24) is 0 Å². The van der Waals surface area contributed by atoms with Gasteiger partial charge in [0.05, 0.1) is 0 Å². The molecule has 0 aromatic carbocycles. The molecule has 0 spiro atoms. The van der Waals surface area contributed by atoms with Gasteiger partial charge >= 0.3 is 87.4 Å². The molecule has 14 heavy (non-hydrogen) atoms. The fraction of sp³-hybridized carbons (Fsp3) is 1.00. The van der Waals surface area contributed by atoms with E-state index in [1.165, 1.54) is 0 Å². The molecule has 0 heterocycles. The maximum absolute atomic E-state index is 6.04. The van der Waals surface area contributed by atoms with Crippen molar-refractivity contribution in [1.29, 1.82) is 0 Å². The van der Waals surface area contributed by atoms with E-state index >= 15 is 0 Å². The summed E-state index contributed by atoms with van der Waals surface area (Å²) in [6.45, 7) is 7.38. The van der Waals surface area contributed by atoms with E-state index in [-0.39, 0.29) is 4.41 Å². The van der Waals surface area contributed by atoms with Gasteiger partial charge in [-0.05, 0) is 0 Å². The van der Waals surface area contributed by atoms with Crippen LogP contribution in [0, 0.1) is 0 Å². The van der Waals surface area contributed by atoms with Gasteiger partial charge in [-0.3, -0.25) is 0 Å². The van der Waals surface area contributed by atoms with Gasteiger partial charge in [0.25, 0.3) is 0 Å². The first-order valence-electron chi connectivity index (χ1n) is 5.41. The minimum atomic E-state index is -3.86. The van der Waals surface area contributed by atoms with Crippen LogP contribution in [0.5, 0.6) is 0 Å². The summed E-state index contributed by atoms with van der Waals surface area (Å²) in [6, 6.07) is 0. The Balaban J connectivity index is 5.19. The SMILES string of the molecule is CC[O][Ti]([CH3])([CH3])([CH3])([O]CC)[CH](C)OC. The van der Waals surface area contributed by atoms with E-state index in [0.29, 0.717) is 13.2 Å². The first-order chi connectivity index (χ1) is 6.14. The Kier molecular flexibility index (Phi) is 4.04. The molecule has 3 nitrogen and oxygen atoms in total. The van der Waals surface area contributed by atoms with E-state index in [0.717, 1.165) is 0 Å². The van der Waals surface area contributed by atoms with Crippen LogP contribution in [0.3, 0.4) is 0 Å². The molecule has 0 saturated carbocycles. The molecule has 0 aliphatic rings. The quantitative estimate of drug-likeness (QED) is 0.669. The second kappa shape index (κ2) is 3.87. The Hall–Kier alpha value is 0.594. The second-order valence-corrected chi connectivity index (χ2v) is 20.0. The molecule has 1 atom stereocenters. The van der Waals surface area contributed by atoms with Gasteiger partial charge in [0.15, 0.2) is 0 Å². The summed E-state index contributed by atoms with van der Waals surface area (Å²) in [6.07, 6.45) is 0. The normalized spacial score (nSPS) is 19.9. The van der Waals surface area contributed by atoms with Crippen LogP contribution in [0.2, 0.25) is 15.7 Å². The van der Waals surface area contributed by atoms with Crippen molar-refractivity contribution >= 4 is 0 Å². The summed E-state index contributed by atoms with van der Waals surface area (Å²) in [5.41, 5.74) is 0. The molecule has 0 fully saturated rings. The molecule has 0 aromatic heterocycles. The standard InChI is InChI=1S/C3H7O.2C2H5O.3CH3.Ti/c1-3-4-2;2*1-2-3;;;;/h3H,1-2H3;2*2H2,1H3;3*1H3;/q;2*-1;;;;+2. The molecule has 0 aliphatic heterocycles. The Bertz CT molecular complexity index is 192. The summed E-state index contributed by atoms with van der Waals surface area (Å²) >= 11 is -3.86. The van der Waals surface area contributed by atoms with Gasteiger partial charge in [-0.1, -0.05) is 0 Å². The molecule has 0 rings (SSSR count). The zero-order valence-corrected chi connectivity index (χ0v) is 12.3. The fourth-order valence-corrected chi connectivity index (χ4v) is 7.74. The number of methoxy groups -OCH3 is 1. The van der Waals surface area contributed by atoms with Crippen molar-refractivity contribution in [2.24, 2.45) is 0 Å². The first kappa shape index (κ1) is 14.6. The average molecular weight is 242 g/mol. The molecule has 0 aliphatic carbocycles. The van der Waals surface area contributed by atoms with Gasteiger partial charge in [-0.15, -0.1) is 0 Å². The van der Waals surface area contributed by atoms with Crippen molar-refractivity contribution in [2.75, 3.05) is 20.3 Å². The summed E-state index contributed by atoms with van der Waals surface area (Å²) in [4.78, 5) is 0. The summed E-state index contributed by atoms with van der Waals surface area (Å²) in [7, 11) is 1.71. The van der Waals surface area contributed by atoms with Crippen LogP contribution < -0.4 is 0 Å². The molecule has 0 aromatic rings. The van der Waals surface area contributed by atoms with Gasteiger partial charge in [-0.2, -0.15) is 0 Å². The predicted molar refractivity (Wildman–Crippen MR) is 57.3 cm³/mol. The molecule has 1 unspecified atom stereocenters. The van der Waals surface area contributed by atoms with Gasteiger partial charge in [-0.25, -0.2) is 0 Å². The number of ether oxygens (including phenoxy) is 1. The zero-order chi connectivity index (χ0) is 11.5. The van der Waals surface area contributed by atoms with Crippen LogP contribution in [0.1, 0.15) is 20.8 Å². The summed E-state index contributed by atoms with van der Waals surface area (Å²) in [5, 5.41) is 6.38. The molecule has 0 radical (unpaired) electrons. The third kappa shape index (κ3) is 2.80. The van der Waals surface area contributed by atoms with Crippen LogP contribution in [0.4, 0.5) is 0 Å². The van der Waals surface area contributed by atoms with E-state index in [2.05, 4.69) is 15.7 Å². The van der Waals surface area contributed by atoms with E-state index in [4.69, 9.17) is 11.4 Å². The molecular weight excluding hydrogens is 216 g/mol. The van der Waals surface area contributed by atoms with Crippen molar-refractivity contribution in [3.05, 3.63) is 0 Å². The van der Waals surface area contributed by atoms with Gasteiger partial charge in [0, 0.05) is 0 Å². The van der Waals surface area contributed by atoms with Gasteiger partial charge in [0.2, 0.25) is 0 Å². The molecule has 0 N–H and O–H groups in total. The Labute approximate surface area is 87.5 Å². The molecule has 88 valence electrons. The average Bonchev–Trinajstić information content (AvgIpc) is 2.02. The fourth-order valence-electron chi connectivity index (χ4n) is 1.88. The minimum absolute atomic E-state index is 0.0231. The summed E-state index contributed by atoms with van der Waals surface area (Å²) in [5.74, 6) is 0. The third-order valence-electron chi connectivity index (χ3n) is 3.34. The number of rotatable bonds is 6. The predicted octanol–water partition coefficient (Wildman–Crippen LogP) is 3.25. The van der Waals surface area contributed by atoms with Gasteiger partial charge in [0.1, 0.15) is 0 Å². The first-order valence-corrected chi connectivity index (χ1v) is 12.3. The maximum atomic E-state index is 6.04. The number of hydrogen-bond acceptors (Lipinski definition) is 3. The zero-order valence-electron chi connectivity index (χ0n) is 10.7. The second-order valence-electron chi connectivity index (χ2n) is 5.65. The topological polar surface area (TPSA) is 27.7 Å². The van der Waals surface area contributed by atoms with Gasteiger partial charge < -0.3 is 0 Å². The van der Waals surface area contributed by atoms with E-state index in [9.17, 15) is 0 Å². The van der Waals surface area contributed by atoms with Crippen LogP contribution in [0.25, 0.3) is 0 Å². The summed E-state index contributed by atoms with van der Waals surface area (Å²) < 4.78 is 17.6. The number of hydrogen-bond donors (Lipinski definition) is 0. The van der Waals surface area contributed by atoms with Crippen molar-refractivity contribution in [3.8, 4) is 0 Å². The Morgan fingerprint density at radius 2 is 1.36 bits per heavy atom. The van der Waals surface area contributed by atoms with Crippen LogP contribution >= 0.6 is 0 Å². The monoisotopic (exact) mass is 242 g/mol. The van der Waals surface area contributed by atoms with Crippen LogP contribution in [-0.4, -0.2) is 24.7 Å². The van der Waals surface area contributed by atoms with E-state index < -0.39 is 14.8 Å². The Morgan fingerprint density at radius 1 is 1.00 bits per heavy atom. The van der Waals surface area contributed by atoms with Crippen molar-refractivity contribution in [3.63, 3.8) is 0 Å². The third-order valence-corrected chi connectivity index (χ3v) is 13.1. The van der Waals surface area contributed by atoms with Crippen molar-refractivity contribution in [2.45, 2.75) is 40.9 Å². The molecule has 4 heteroatoms. The van der Waals surface area contributed by atoms with Crippen LogP contribution in [0.15, 0.2) is 0 Å². The van der Waals surface area contributed by atoms with E-state index in [1.807, 2.05) is 20.8 Å². The Morgan fingerprint density at radius 3 is 1.57 bits per heavy atom. The van der Waals surface area contributed by atoms with E-state index in [1.54, 1.807) is 7.11 Å². The molecule has 0 amide bonds. The van der Waals surface area contributed by atoms with Crippen molar-refractivity contribution < 1.29 is 26.2 Å². The molecule has 0 bridgehead atoms.